The van der Waals surface area contributed by atoms with Crippen LogP contribution in [0.3, 0.4) is 0 Å². The maximum Gasteiger partial charge on any atom is 0.265 e. The van der Waals surface area contributed by atoms with E-state index in [-0.39, 0.29) is 12.5 Å². The summed E-state index contributed by atoms with van der Waals surface area (Å²) >= 11 is 1.53. The van der Waals surface area contributed by atoms with E-state index in [2.05, 4.69) is 15.4 Å². The molecule has 1 N–H and O–H groups in total. The quantitative estimate of drug-likeness (QED) is 0.785. The van der Waals surface area contributed by atoms with Gasteiger partial charge < -0.3 is 14.8 Å². The Hall–Kier alpha value is -2.61. The summed E-state index contributed by atoms with van der Waals surface area (Å²) in [6.45, 7) is 4.38. The molecule has 1 atom stereocenters. The first-order valence-corrected chi connectivity index (χ1v) is 8.41. The molecule has 0 saturated carbocycles. The van der Waals surface area contributed by atoms with E-state index in [0.717, 1.165) is 21.4 Å². The average Bonchev–Trinajstić information content (AvgIpc) is 3.07. The second-order valence-corrected chi connectivity index (χ2v) is 6.70. The number of fused-ring (bicyclic) bond motifs is 2. The molecule has 0 spiro atoms. The Bertz CT molecular complexity index is 917. The van der Waals surface area contributed by atoms with Crippen LogP contribution in [0.4, 0.5) is 0 Å². The molecule has 124 valence electrons. The summed E-state index contributed by atoms with van der Waals surface area (Å²) in [6, 6.07) is 7.32. The highest BCUT2D eigenvalue weighted by Crippen LogP contribution is 2.30. The lowest BCUT2D eigenvalue weighted by Crippen LogP contribution is -2.43. The molecule has 1 aromatic carbocycles. The van der Waals surface area contributed by atoms with Crippen molar-refractivity contribution in [3.05, 3.63) is 40.7 Å². The Balaban J connectivity index is 1.46. The molecule has 8 heteroatoms. The molecule has 2 aromatic heterocycles. The number of nitrogens with zero attached hydrogens (tertiary/aromatic N) is 3. The number of nitrogens with one attached hydrogen (secondary N) is 1. The second kappa shape index (κ2) is 5.79. The highest BCUT2D eigenvalue weighted by Gasteiger charge is 2.27. The highest BCUT2D eigenvalue weighted by molar-refractivity contribution is 7.16. The molecule has 0 bridgehead atoms. The monoisotopic (exact) mass is 344 g/mol. The van der Waals surface area contributed by atoms with Crippen LogP contribution in [-0.2, 0) is 11.3 Å². The zero-order valence-corrected chi connectivity index (χ0v) is 14.1. The molecule has 3 heterocycles. The number of hydrogen-bond donors (Lipinski definition) is 1. The fraction of sp³-hybridized carbons (Fsp3) is 0.312. The molecule has 24 heavy (non-hydrogen) atoms. The van der Waals surface area contributed by atoms with Crippen LogP contribution >= 0.6 is 11.3 Å². The van der Waals surface area contributed by atoms with Gasteiger partial charge in [0.1, 0.15) is 11.6 Å². The van der Waals surface area contributed by atoms with Gasteiger partial charge in [0.05, 0.1) is 17.9 Å². The largest absolute Gasteiger partial charge is 0.485 e. The molecular weight excluding hydrogens is 328 g/mol. The van der Waals surface area contributed by atoms with Crippen molar-refractivity contribution in [2.24, 2.45) is 0 Å². The van der Waals surface area contributed by atoms with Crippen LogP contribution < -0.4 is 14.8 Å². The summed E-state index contributed by atoms with van der Waals surface area (Å²) < 4.78 is 13.1. The number of hydrogen-bond acceptors (Lipinski definition) is 6. The number of amides is 1. The molecule has 0 unspecified atom stereocenters. The van der Waals surface area contributed by atoms with E-state index in [4.69, 9.17) is 9.47 Å². The second-order valence-electron chi connectivity index (χ2n) is 5.54. The van der Waals surface area contributed by atoms with Crippen LogP contribution in [0.25, 0.3) is 4.96 Å². The van der Waals surface area contributed by atoms with Gasteiger partial charge in [-0.05, 0) is 26.0 Å². The van der Waals surface area contributed by atoms with Crippen molar-refractivity contribution in [3.8, 4) is 11.5 Å². The Morgan fingerprint density at radius 1 is 1.38 bits per heavy atom. The van der Waals surface area contributed by atoms with E-state index in [1.807, 2.05) is 32.0 Å². The first kappa shape index (κ1) is 14.9. The first-order valence-electron chi connectivity index (χ1n) is 7.59. The third-order valence-electron chi connectivity index (χ3n) is 3.83. The van der Waals surface area contributed by atoms with Crippen molar-refractivity contribution in [2.45, 2.75) is 26.5 Å². The number of aromatic nitrogens is 3. The van der Waals surface area contributed by atoms with E-state index in [1.54, 1.807) is 10.6 Å². The SMILES string of the molecule is Cc1nn2c(CNC(=O)[C@@H]3COc4ccccc4O3)c(C)nc2s1. The minimum atomic E-state index is -0.666. The summed E-state index contributed by atoms with van der Waals surface area (Å²) in [7, 11) is 0. The molecule has 7 nitrogen and oxygen atoms in total. The van der Waals surface area contributed by atoms with Crippen LogP contribution in [0.15, 0.2) is 24.3 Å². The smallest absolute Gasteiger partial charge is 0.265 e. The predicted octanol–water partition coefficient (Wildman–Crippen LogP) is 1.86. The van der Waals surface area contributed by atoms with Gasteiger partial charge in [0, 0.05) is 0 Å². The van der Waals surface area contributed by atoms with Gasteiger partial charge in [0.25, 0.3) is 5.91 Å². The average molecular weight is 344 g/mol. The Labute approximate surface area is 142 Å². The summed E-state index contributed by atoms with van der Waals surface area (Å²) in [5.41, 5.74) is 1.74. The van der Waals surface area contributed by atoms with E-state index < -0.39 is 6.10 Å². The number of rotatable bonds is 3. The predicted molar refractivity (Wildman–Crippen MR) is 88.5 cm³/mol. The van der Waals surface area contributed by atoms with Crippen LogP contribution in [0.5, 0.6) is 11.5 Å². The maximum atomic E-state index is 12.4. The molecule has 0 saturated heterocycles. The summed E-state index contributed by atoms with van der Waals surface area (Å²) in [5.74, 6) is 1.03. The number of benzene rings is 1. The summed E-state index contributed by atoms with van der Waals surface area (Å²) in [6.07, 6.45) is -0.666. The van der Waals surface area contributed by atoms with E-state index >= 15 is 0 Å². The lowest BCUT2D eigenvalue weighted by Gasteiger charge is -2.25. The molecule has 1 aliphatic rings. The standard InChI is InChI=1S/C16H16N4O3S/c1-9-11(20-16(18-9)24-10(2)19-20)7-17-15(21)14-8-22-12-5-3-4-6-13(12)23-14/h3-6,14H,7-8H2,1-2H3,(H,17,21)/t14-/m0/s1. The van der Waals surface area contributed by atoms with Gasteiger partial charge in [-0.1, -0.05) is 23.5 Å². The van der Waals surface area contributed by atoms with E-state index in [9.17, 15) is 4.79 Å². The number of aryl methyl sites for hydroxylation is 2. The van der Waals surface area contributed by atoms with Crippen molar-refractivity contribution >= 4 is 22.2 Å². The molecule has 3 aromatic rings. The fourth-order valence-corrected chi connectivity index (χ4v) is 3.43. The van der Waals surface area contributed by atoms with Crippen molar-refractivity contribution in [1.82, 2.24) is 19.9 Å². The van der Waals surface area contributed by atoms with Gasteiger partial charge in [-0.15, -0.1) is 0 Å². The lowest BCUT2D eigenvalue weighted by atomic mass is 10.2. The topological polar surface area (TPSA) is 77.8 Å². The third kappa shape index (κ3) is 2.58. The lowest BCUT2D eigenvalue weighted by molar-refractivity contribution is -0.130. The number of imidazole rings is 1. The molecular formula is C16H16N4O3S. The zero-order valence-electron chi connectivity index (χ0n) is 13.3. The minimum absolute atomic E-state index is 0.194. The van der Waals surface area contributed by atoms with Crippen LogP contribution in [0.2, 0.25) is 0 Å². The van der Waals surface area contributed by atoms with Gasteiger partial charge in [0.15, 0.2) is 11.5 Å². The van der Waals surface area contributed by atoms with Crippen molar-refractivity contribution in [2.75, 3.05) is 6.61 Å². The van der Waals surface area contributed by atoms with Crippen molar-refractivity contribution in [1.29, 1.82) is 0 Å². The molecule has 0 aliphatic carbocycles. The highest BCUT2D eigenvalue weighted by atomic mass is 32.1. The number of para-hydroxylation sites is 2. The van der Waals surface area contributed by atoms with Gasteiger partial charge in [-0.25, -0.2) is 9.50 Å². The van der Waals surface area contributed by atoms with Crippen LogP contribution in [0, 0.1) is 13.8 Å². The molecule has 4 rings (SSSR count). The number of carbonyl (C=O) groups is 1. The summed E-state index contributed by atoms with van der Waals surface area (Å²) in [5, 5.41) is 8.24. The Kier molecular flexibility index (Phi) is 3.61. The van der Waals surface area contributed by atoms with Crippen LogP contribution in [0.1, 0.15) is 16.4 Å². The fourth-order valence-electron chi connectivity index (χ4n) is 2.62. The molecule has 1 aliphatic heterocycles. The first-order chi connectivity index (χ1) is 11.6. The minimum Gasteiger partial charge on any atom is -0.485 e. The van der Waals surface area contributed by atoms with E-state index in [0.29, 0.717) is 18.0 Å². The molecule has 1 amide bonds. The zero-order chi connectivity index (χ0) is 16.7. The van der Waals surface area contributed by atoms with Crippen molar-refractivity contribution in [3.63, 3.8) is 0 Å². The van der Waals surface area contributed by atoms with Gasteiger partial charge in [0.2, 0.25) is 11.1 Å². The third-order valence-corrected chi connectivity index (χ3v) is 4.65. The Morgan fingerprint density at radius 2 is 2.17 bits per heavy atom. The Morgan fingerprint density at radius 3 is 3.00 bits per heavy atom. The van der Waals surface area contributed by atoms with Gasteiger partial charge in [-0.3, -0.25) is 4.79 Å². The van der Waals surface area contributed by atoms with Crippen molar-refractivity contribution < 1.29 is 14.3 Å². The van der Waals surface area contributed by atoms with Gasteiger partial charge >= 0.3 is 0 Å². The van der Waals surface area contributed by atoms with E-state index in [1.165, 1.54) is 11.3 Å². The van der Waals surface area contributed by atoms with Gasteiger partial charge in [-0.2, -0.15) is 5.10 Å². The normalized spacial score (nSPS) is 16.3. The summed E-state index contributed by atoms with van der Waals surface area (Å²) in [4.78, 5) is 17.7. The molecule has 0 radical (unpaired) electrons. The number of carbonyl (C=O) groups excluding carboxylic acids is 1. The number of ether oxygens (including phenoxy) is 2. The van der Waals surface area contributed by atoms with Crippen LogP contribution in [-0.4, -0.2) is 33.2 Å². The maximum absolute atomic E-state index is 12.4. The molecule has 0 fully saturated rings.